The standard InChI is InChI=1S/C19H17N/c1-14-8-7-9-15(2)19(14)17-11-4-3-10-16(17)18-12-5-6-13-20-18/h3-13H,1-2H3. The first-order chi connectivity index (χ1) is 9.77. The molecule has 0 aliphatic rings. The smallest absolute Gasteiger partial charge is 0.0708 e. The molecule has 0 atom stereocenters. The van der Waals surface area contributed by atoms with Crippen LogP contribution in [0.5, 0.6) is 0 Å². The quantitative estimate of drug-likeness (QED) is 0.628. The van der Waals surface area contributed by atoms with Gasteiger partial charge in [-0.2, -0.15) is 0 Å². The Morgan fingerprint density at radius 3 is 1.95 bits per heavy atom. The van der Waals surface area contributed by atoms with Crippen molar-refractivity contribution in [1.29, 1.82) is 0 Å². The van der Waals surface area contributed by atoms with E-state index in [1.54, 1.807) is 0 Å². The van der Waals surface area contributed by atoms with E-state index in [0.29, 0.717) is 0 Å². The summed E-state index contributed by atoms with van der Waals surface area (Å²) in [6.45, 7) is 4.33. The van der Waals surface area contributed by atoms with Crippen LogP contribution in [0.1, 0.15) is 11.1 Å². The number of hydrogen-bond acceptors (Lipinski definition) is 1. The maximum absolute atomic E-state index is 4.49. The van der Waals surface area contributed by atoms with Crippen molar-refractivity contribution in [1.82, 2.24) is 4.98 Å². The molecule has 0 radical (unpaired) electrons. The van der Waals surface area contributed by atoms with E-state index in [0.717, 1.165) is 5.69 Å². The first-order valence-corrected chi connectivity index (χ1v) is 6.84. The van der Waals surface area contributed by atoms with Crippen LogP contribution in [0.4, 0.5) is 0 Å². The van der Waals surface area contributed by atoms with Crippen LogP contribution < -0.4 is 0 Å². The summed E-state index contributed by atoms with van der Waals surface area (Å²) in [5.74, 6) is 0. The van der Waals surface area contributed by atoms with Crippen LogP contribution in [-0.4, -0.2) is 4.98 Å². The highest BCUT2D eigenvalue weighted by atomic mass is 14.7. The van der Waals surface area contributed by atoms with E-state index in [1.807, 2.05) is 18.3 Å². The SMILES string of the molecule is Cc1cccc(C)c1-c1ccccc1-c1ccccn1. The van der Waals surface area contributed by atoms with Crippen LogP contribution in [0, 0.1) is 13.8 Å². The summed E-state index contributed by atoms with van der Waals surface area (Å²) in [5.41, 5.74) is 7.37. The van der Waals surface area contributed by atoms with E-state index in [2.05, 4.69) is 67.4 Å². The van der Waals surface area contributed by atoms with Crippen molar-refractivity contribution in [2.75, 3.05) is 0 Å². The molecule has 1 nitrogen and oxygen atoms in total. The van der Waals surface area contributed by atoms with Gasteiger partial charge in [0.1, 0.15) is 0 Å². The predicted octanol–water partition coefficient (Wildman–Crippen LogP) is 5.03. The molecule has 0 saturated carbocycles. The maximum atomic E-state index is 4.49. The number of benzene rings is 2. The molecular weight excluding hydrogens is 242 g/mol. The van der Waals surface area contributed by atoms with Gasteiger partial charge in [-0.25, -0.2) is 0 Å². The van der Waals surface area contributed by atoms with Gasteiger partial charge in [-0.3, -0.25) is 4.98 Å². The lowest BCUT2D eigenvalue weighted by atomic mass is 9.91. The molecule has 1 aromatic heterocycles. The van der Waals surface area contributed by atoms with Gasteiger partial charge in [0.2, 0.25) is 0 Å². The molecule has 98 valence electrons. The van der Waals surface area contributed by atoms with E-state index >= 15 is 0 Å². The average molecular weight is 259 g/mol. The van der Waals surface area contributed by atoms with E-state index in [1.165, 1.54) is 27.8 Å². The second-order valence-corrected chi connectivity index (χ2v) is 5.03. The molecule has 1 heteroatoms. The first kappa shape index (κ1) is 12.6. The zero-order valence-corrected chi connectivity index (χ0v) is 11.8. The van der Waals surface area contributed by atoms with Gasteiger partial charge in [-0.05, 0) is 48.2 Å². The zero-order valence-electron chi connectivity index (χ0n) is 11.8. The minimum atomic E-state index is 1.02. The molecular formula is C19H17N. The summed E-state index contributed by atoms with van der Waals surface area (Å²) in [5, 5.41) is 0. The lowest BCUT2D eigenvalue weighted by molar-refractivity contribution is 1.32. The van der Waals surface area contributed by atoms with Crippen LogP contribution in [0.3, 0.4) is 0 Å². The van der Waals surface area contributed by atoms with Crippen LogP contribution >= 0.6 is 0 Å². The van der Waals surface area contributed by atoms with Crippen molar-refractivity contribution < 1.29 is 0 Å². The molecule has 0 bridgehead atoms. The minimum Gasteiger partial charge on any atom is -0.256 e. The fourth-order valence-corrected chi connectivity index (χ4v) is 2.69. The molecule has 0 aliphatic heterocycles. The molecule has 0 fully saturated rings. The Labute approximate surface area is 119 Å². The number of nitrogens with zero attached hydrogens (tertiary/aromatic N) is 1. The molecule has 1 heterocycles. The lowest BCUT2D eigenvalue weighted by Crippen LogP contribution is -1.92. The summed E-state index contributed by atoms with van der Waals surface area (Å²) < 4.78 is 0. The number of aromatic nitrogens is 1. The second-order valence-electron chi connectivity index (χ2n) is 5.03. The molecule has 3 rings (SSSR count). The Bertz CT molecular complexity index is 710. The molecule has 0 amide bonds. The largest absolute Gasteiger partial charge is 0.256 e. The summed E-state index contributed by atoms with van der Waals surface area (Å²) in [6, 6.07) is 21.0. The third kappa shape index (κ3) is 2.23. The van der Waals surface area contributed by atoms with Crippen molar-refractivity contribution >= 4 is 0 Å². The number of hydrogen-bond donors (Lipinski definition) is 0. The molecule has 3 aromatic rings. The van der Waals surface area contributed by atoms with Crippen LogP contribution in [0.2, 0.25) is 0 Å². The number of aryl methyl sites for hydroxylation is 2. The zero-order chi connectivity index (χ0) is 13.9. The monoisotopic (exact) mass is 259 g/mol. The third-order valence-corrected chi connectivity index (χ3v) is 3.62. The minimum absolute atomic E-state index is 1.02. The van der Waals surface area contributed by atoms with Crippen LogP contribution in [0.25, 0.3) is 22.4 Å². The van der Waals surface area contributed by atoms with Gasteiger partial charge in [0.25, 0.3) is 0 Å². The Balaban J connectivity index is 2.26. The van der Waals surface area contributed by atoms with Gasteiger partial charge in [-0.1, -0.05) is 48.5 Å². The molecule has 20 heavy (non-hydrogen) atoms. The van der Waals surface area contributed by atoms with Gasteiger partial charge >= 0.3 is 0 Å². The van der Waals surface area contributed by atoms with Gasteiger partial charge in [0.05, 0.1) is 5.69 Å². The molecule has 0 unspecified atom stereocenters. The lowest BCUT2D eigenvalue weighted by Gasteiger charge is -2.14. The second kappa shape index (κ2) is 5.30. The fraction of sp³-hybridized carbons (Fsp3) is 0.105. The Morgan fingerprint density at radius 1 is 0.650 bits per heavy atom. The molecule has 0 aliphatic carbocycles. The maximum Gasteiger partial charge on any atom is 0.0708 e. The molecule has 0 saturated heterocycles. The Morgan fingerprint density at radius 2 is 1.30 bits per heavy atom. The number of pyridine rings is 1. The Kier molecular flexibility index (Phi) is 3.34. The third-order valence-electron chi connectivity index (χ3n) is 3.62. The van der Waals surface area contributed by atoms with Crippen molar-refractivity contribution in [3.8, 4) is 22.4 Å². The highest BCUT2D eigenvalue weighted by Crippen LogP contribution is 2.34. The normalized spacial score (nSPS) is 10.5. The molecule has 2 aromatic carbocycles. The Hall–Kier alpha value is -2.41. The van der Waals surface area contributed by atoms with E-state index < -0.39 is 0 Å². The summed E-state index contributed by atoms with van der Waals surface area (Å²) >= 11 is 0. The van der Waals surface area contributed by atoms with E-state index in [9.17, 15) is 0 Å². The van der Waals surface area contributed by atoms with Crippen LogP contribution in [-0.2, 0) is 0 Å². The van der Waals surface area contributed by atoms with Crippen molar-refractivity contribution in [3.63, 3.8) is 0 Å². The molecule has 0 spiro atoms. The summed E-state index contributed by atoms with van der Waals surface area (Å²) in [7, 11) is 0. The van der Waals surface area contributed by atoms with Gasteiger partial charge in [0, 0.05) is 11.8 Å². The van der Waals surface area contributed by atoms with E-state index in [-0.39, 0.29) is 0 Å². The highest BCUT2D eigenvalue weighted by Gasteiger charge is 2.11. The molecule has 0 N–H and O–H groups in total. The summed E-state index contributed by atoms with van der Waals surface area (Å²) in [4.78, 5) is 4.49. The van der Waals surface area contributed by atoms with Crippen molar-refractivity contribution in [2.24, 2.45) is 0 Å². The highest BCUT2D eigenvalue weighted by molar-refractivity contribution is 5.84. The van der Waals surface area contributed by atoms with Gasteiger partial charge in [-0.15, -0.1) is 0 Å². The first-order valence-electron chi connectivity index (χ1n) is 6.84. The van der Waals surface area contributed by atoms with Gasteiger partial charge in [0.15, 0.2) is 0 Å². The average Bonchev–Trinajstić information content (AvgIpc) is 2.48. The fourth-order valence-electron chi connectivity index (χ4n) is 2.69. The predicted molar refractivity (Wildman–Crippen MR) is 84.6 cm³/mol. The topological polar surface area (TPSA) is 12.9 Å². The number of rotatable bonds is 2. The van der Waals surface area contributed by atoms with Crippen molar-refractivity contribution in [3.05, 3.63) is 78.0 Å². The van der Waals surface area contributed by atoms with Crippen LogP contribution in [0.15, 0.2) is 66.9 Å². The van der Waals surface area contributed by atoms with Gasteiger partial charge < -0.3 is 0 Å². The van der Waals surface area contributed by atoms with E-state index in [4.69, 9.17) is 0 Å². The summed E-state index contributed by atoms with van der Waals surface area (Å²) in [6.07, 6.45) is 1.84. The van der Waals surface area contributed by atoms with Crippen molar-refractivity contribution in [2.45, 2.75) is 13.8 Å².